The summed E-state index contributed by atoms with van der Waals surface area (Å²) < 4.78 is 10.9. The van der Waals surface area contributed by atoms with Gasteiger partial charge in [-0.3, -0.25) is 0 Å². The van der Waals surface area contributed by atoms with E-state index in [2.05, 4.69) is 18.0 Å². The Bertz CT molecular complexity index is 967. The smallest absolute Gasteiger partial charge is 0.134 e. The number of aromatic nitrogens is 1. The third-order valence-electron chi connectivity index (χ3n) is 4.20. The van der Waals surface area contributed by atoms with E-state index in [0.29, 0.717) is 10.6 Å². The number of methoxy groups -OCH3 is 1. The first kappa shape index (κ1) is 19.7. The number of ether oxygens (including phenoxy) is 2. The van der Waals surface area contributed by atoms with Crippen molar-refractivity contribution < 1.29 is 9.47 Å². The summed E-state index contributed by atoms with van der Waals surface area (Å²) in [6.07, 6.45) is 4.01. The highest BCUT2D eigenvalue weighted by molar-refractivity contribution is 7.11. The van der Waals surface area contributed by atoms with Crippen molar-refractivity contribution in [1.82, 2.24) is 4.98 Å². The molecule has 2 aromatic carbocycles. The summed E-state index contributed by atoms with van der Waals surface area (Å²) in [5.74, 6) is 1.65. The zero-order valence-corrected chi connectivity index (χ0v) is 16.8. The Kier molecular flexibility index (Phi) is 6.83. The first-order chi connectivity index (χ1) is 13.7. The lowest BCUT2D eigenvalue weighted by Gasteiger charge is -2.05. The third-order valence-corrected chi connectivity index (χ3v) is 5.07. The van der Waals surface area contributed by atoms with Gasteiger partial charge in [-0.25, -0.2) is 4.98 Å². The fraction of sp³-hybridized carbons (Fsp3) is 0.217. The molecule has 0 aliphatic carbocycles. The molecule has 0 bridgehead atoms. The van der Waals surface area contributed by atoms with Gasteiger partial charge >= 0.3 is 0 Å². The highest BCUT2D eigenvalue weighted by Crippen LogP contribution is 2.28. The van der Waals surface area contributed by atoms with Crippen molar-refractivity contribution in [3.8, 4) is 28.8 Å². The van der Waals surface area contributed by atoms with Gasteiger partial charge in [-0.1, -0.05) is 25.5 Å². The van der Waals surface area contributed by atoms with Crippen LogP contribution in [0.25, 0.3) is 22.9 Å². The Balaban J connectivity index is 1.76. The SMILES string of the molecule is CCCCOc1ccc(C=C(C#N)c2nc(-c3ccc(OC)cc3)cs2)cc1. The average molecular weight is 391 g/mol. The molecule has 142 valence electrons. The zero-order chi connectivity index (χ0) is 19.8. The van der Waals surface area contributed by atoms with Gasteiger partial charge in [-0.05, 0) is 54.5 Å². The number of hydrogen-bond acceptors (Lipinski definition) is 5. The van der Waals surface area contributed by atoms with Crippen molar-refractivity contribution in [2.45, 2.75) is 19.8 Å². The van der Waals surface area contributed by atoms with Crippen molar-refractivity contribution in [3.63, 3.8) is 0 Å². The molecule has 0 aliphatic rings. The van der Waals surface area contributed by atoms with Crippen LogP contribution in [0.2, 0.25) is 0 Å². The summed E-state index contributed by atoms with van der Waals surface area (Å²) in [5.41, 5.74) is 3.34. The average Bonchev–Trinajstić information content (AvgIpc) is 3.23. The number of nitriles is 1. The van der Waals surface area contributed by atoms with Crippen LogP contribution in [0.5, 0.6) is 11.5 Å². The second-order valence-electron chi connectivity index (χ2n) is 6.21. The van der Waals surface area contributed by atoms with E-state index in [-0.39, 0.29) is 0 Å². The third kappa shape index (κ3) is 4.99. The number of nitrogens with zero attached hydrogens (tertiary/aromatic N) is 2. The van der Waals surface area contributed by atoms with Crippen molar-refractivity contribution in [2.24, 2.45) is 0 Å². The summed E-state index contributed by atoms with van der Waals surface area (Å²) in [4.78, 5) is 4.63. The molecule has 1 heterocycles. The van der Waals surface area contributed by atoms with E-state index in [0.717, 1.165) is 47.8 Å². The second kappa shape index (κ2) is 9.72. The first-order valence-electron chi connectivity index (χ1n) is 9.18. The minimum absolute atomic E-state index is 0.546. The number of thiazole rings is 1. The first-order valence-corrected chi connectivity index (χ1v) is 10.1. The molecular weight excluding hydrogens is 368 g/mol. The molecular formula is C23H22N2O2S. The summed E-state index contributed by atoms with van der Waals surface area (Å²) in [6, 6.07) is 17.8. The molecule has 5 heteroatoms. The van der Waals surface area contributed by atoms with E-state index in [1.807, 2.05) is 60.0 Å². The molecule has 0 spiro atoms. The molecule has 3 rings (SSSR count). The largest absolute Gasteiger partial charge is 0.497 e. The molecule has 28 heavy (non-hydrogen) atoms. The van der Waals surface area contributed by atoms with E-state index in [1.165, 1.54) is 11.3 Å². The normalized spacial score (nSPS) is 11.1. The fourth-order valence-electron chi connectivity index (χ4n) is 2.59. The second-order valence-corrected chi connectivity index (χ2v) is 7.07. The van der Waals surface area contributed by atoms with E-state index < -0.39 is 0 Å². The van der Waals surface area contributed by atoms with Gasteiger partial charge < -0.3 is 9.47 Å². The van der Waals surface area contributed by atoms with Gasteiger partial charge in [0, 0.05) is 10.9 Å². The van der Waals surface area contributed by atoms with Crippen molar-refractivity contribution in [1.29, 1.82) is 5.26 Å². The molecule has 0 amide bonds. The van der Waals surface area contributed by atoms with E-state index in [1.54, 1.807) is 7.11 Å². The maximum atomic E-state index is 9.59. The highest BCUT2D eigenvalue weighted by atomic mass is 32.1. The molecule has 0 radical (unpaired) electrons. The van der Waals surface area contributed by atoms with Crippen LogP contribution in [0.4, 0.5) is 0 Å². The predicted octanol–water partition coefficient (Wildman–Crippen LogP) is 6.06. The molecule has 0 unspecified atom stereocenters. The van der Waals surface area contributed by atoms with E-state index >= 15 is 0 Å². The number of benzene rings is 2. The lowest BCUT2D eigenvalue weighted by molar-refractivity contribution is 0.309. The number of hydrogen-bond donors (Lipinski definition) is 0. The van der Waals surface area contributed by atoms with Crippen LogP contribution in [-0.4, -0.2) is 18.7 Å². The lowest BCUT2D eigenvalue weighted by atomic mass is 10.1. The van der Waals surface area contributed by atoms with Crippen LogP contribution >= 0.6 is 11.3 Å². The topological polar surface area (TPSA) is 55.1 Å². The van der Waals surface area contributed by atoms with Crippen LogP contribution < -0.4 is 9.47 Å². The predicted molar refractivity (Wildman–Crippen MR) is 114 cm³/mol. The molecule has 1 aromatic heterocycles. The molecule has 0 fully saturated rings. The zero-order valence-electron chi connectivity index (χ0n) is 16.0. The number of rotatable bonds is 8. The molecule has 4 nitrogen and oxygen atoms in total. The number of unbranched alkanes of at least 4 members (excludes halogenated alkanes) is 1. The van der Waals surface area contributed by atoms with Crippen LogP contribution in [0.3, 0.4) is 0 Å². The minimum atomic E-state index is 0.546. The highest BCUT2D eigenvalue weighted by Gasteiger charge is 2.09. The van der Waals surface area contributed by atoms with Crippen molar-refractivity contribution >= 4 is 23.0 Å². The molecule has 0 saturated heterocycles. The Morgan fingerprint density at radius 2 is 1.82 bits per heavy atom. The summed E-state index contributed by atoms with van der Waals surface area (Å²) in [7, 11) is 1.64. The van der Waals surface area contributed by atoms with Gasteiger partial charge in [0.05, 0.1) is 25.0 Å². The molecule has 3 aromatic rings. The fourth-order valence-corrected chi connectivity index (χ4v) is 3.39. The van der Waals surface area contributed by atoms with Crippen molar-refractivity contribution in [2.75, 3.05) is 13.7 Å². The van der Waals surface area contributed by atoms with Crippen LogP contribution in [0.1, 0.15) is 30.3 Å². The summed E-state index contributed by atoms with van der Waals surface area (Å²) >= 11 is 1.47. The van der Waals surface area contributed by atoms with Crippen LogP contribution in [0, 0.1) is 11.3 Å². The molecule has 0 N–H and O–H groups in total. The molecule has 0 saturated carbocycles. The van der Waals surface area contributed by atoms with Crippen LogP contribution in [-0.2, 0) is 0 Å². The maximum absolute atomic E-state index is 9.59. The standard InChI is InChI=1S/C23H22N2O2S/c1-3-4-13-27-21-9-5-17(6-10-21)14-19(15-24)23-25-22(16-28-23)18-7-11-20(26-2)12-8-18/h5-12,14,16H,3-4,13H2,1-2H3. The maximum Gasteiger partial charge on any atom is 0.134 e. The van der Waals surface area contributed by atoms with Gasteiger partial charge in [0.1, 0.15) is 22.6 Å². The Hall–Kier alpha value is -3.10. The molecule has 0 aliphatic heterocycles. The summed E-state index contributed by atoms with van der Waals surface area (Å²) in [5, 5.41) is 12.3. The monoisotopic (exact) mass is 390 g/mol. The van der Waals surface area contributed by atoms with Gasteiger partial charge in [-0.2, -0.15) is 5.26 Å². The van der Waals surface area contributed by atoms with E-state index in [9.17, 15) is 5.26 Å². The Morgan fingerprint density at radius 3 is 2.46 bits per heavy atom. The summed E-state index contributed by atoms with van der Waals surface area (Å²) in [6.45, 7) is 2.86. The quantitative estimate of drug-likeness (QED) is 0.346. The Morgan fingerprint density at radius 1 is 1.11 bits per heavy atom. The molecule has 0 atom stereocenters. The van der Waals surface area contributed by atoms with Gasteiger partial charge in [0.2, 0.25) is 0 Å². The Labute approximate surface area is 169 Å². The lowest BCUT2D eigenvalue weighted by Crippen LogP contribution is -1.95. The van der Waals surface area contributed by atoms with Gasteiger partial charge in [0.25, 0.3) is 0 Å². The number of allylic oxidation sites excluding steroid dienone is 1. The van der Waals surface area contributed by atoms with Gasteiger partial charge in [-0.15, -0.1) is 11.3 Å². The van der Waals surface area contributed by atoms with Crippen LogP contribution in [0.15, 0.2) is 53.9 Å². The minimum Gasteiger partial charge on any atom is -0.497 e. The van der Waals surface area contributed by atoms with E-state index in [4.69, 9.17) is 9.47 Å². The van der Waals surface area contributed by atoms with Crippen molar-refractivity contribution in [3.05, 3.63) is 64.5 Å². The van der Waals surface area contributed by atoms with Gasteiger partial charge in [0.15, 0.2) is 0 Å².